The van der Waals surface area contributed by atoms with Gasteiger partial charge in [0, 0.05) is 42.9 Å². The summed E-state index contributed by atoms with van der Waals surface area (Å²) in [4.78, 5) is 24.9. The van der Waals surface area contributed by atoms with Crippen LogP contribution in [0.3, 0.4) is 0 Å². The van der Waals surface area contributed by atoms with Crippen molar-refractivity contribution in [2.24, 2.45) is 0 Å². The Morgan fingerprint density at radius 3 is 2.38 bits per heavy atom. The fraction of sp³-hybridized carbons (Fsp3) is 0.257. The third-order valence-corrected chi connectivity index (χ3v) is 8.22. The molecule has 1 aliphatic rings. The summed E-state index contributed by atoms with van der Waals surface area (Å²) in [5.74, 6) is -1.08. The molecular weight excluding hydrogens is 528 g/mol. The maximum absolute atomic E-state index is 13.3. The molecular formula is C35H36N2O5. The number of rotatable bonds is 9. The van der Waals surface area contributed by atoms with E-state index in [4.69, 9.17) is 9.47 Å². The van der Waals surface area contributed by atoms with E-state index in [0.29, 0.717) is 17.7 Å². The molecule has 1 amide bonds. The molecule has 0 saturated carbocycles. The molecule has 2 unspecified atom stereocenters. The van der Waals surface area contributed by atoms with Crippen LogP contribution in [-0.2, 0) is 16.0 Å². The van der Waals surface area contributed by atoms with Crippen molar-refractivity contribution in [3.05, 3.63) is 118 Å². The Morgan fingerprint density at radius 2 is 1.69 bits per heavy atom. The minimum absolute atomic E-state index is 0.136. The maximum atomic E-state index is 13.3. The highest BCUT2D eigenvalue weighted by molar-refractivity contribution is 5.99. The molecule has 5 rings (SSSR count). The van der Waals surface area contributed by atoms with Gasteiger partial charge >= 0.3 is 5.97 Å². The molecule has 3 aromatic carbocycles. The molecule has 0 fully saturated rings. The lowest BCUT2D eigenvalue weighted by Crippen LogP contribution is -2.36. The first-order chi connectivity index (χ1) is 20.2. The molecule has 1 aliphatic carbocycles. The molecule has 7 heteroatoms. The maximum Gasteiger partial charge on any atom is 0.336 e. The number of carbonyl (C=O) groups excluding carboxylic acids is 1. The van der Waals surface area contributed by atoms with Crippen LogP contribution >= 0.6 is 0 Å². The third kappa shape index (κ3) is 5.66. The number of carboxylic acid groups (broad SMARTS) is 1. The normalized spacial score (nSPS) is 17.2. The van der Waals surface area contributed by atoms with E-state index in [0.717, 1.165) is 38.9 Å². The zero-order valence-corrected chi connectivity index (χ0v) is 24.5. The summed E-state index contributed by atoms with van der Waals surface area (Å²) >= 11 is 0. The second-order valence-electron chi connectivity index (χ2n) is 10.7. The predicted molar refractivity (Wildman–Crippen MR) is 165 cm³/mol. The fourth-order valence-electron chi connectivity index (χ4n) is 5.61. The van der Waals surface area contributed by atoms with Crippen molar-refractivity contribution in [1.29, 1.82) is 0 Å². The monoisotopic (exact) mass is 564 g/mol. The molecule has 1 aromatic heterocycles. The molecule has 0 radical (unpaired) electrons. The van der Waals surface area contributed by atoms with Crippen molar-refractivity contribution in [3.8, 4) is 11.1 Å². The number of aromatic nitrogens is 1. The molecule has 7 nitrogen and oxygen atoms in total. The minimum Gasteiger partial charge on any atom is -0.478 e. The number of nitrogens with zero attached hydrogens (tertiary/aromatic N) is 1. The number of aromatic carboxylic acids is 1. The molecule has 0 aliphatic heterocycles. The van der Waals surface area contributed by atoms with Gasteiger partial charge in [0.25, 0.3) is 5.91 Å². The third-order valence-electron chi connectivity index (χ3n) is 8.22. The van der Waals surface area contributed by atoms with Gasteiger partial charge in [0.1, 0.15) is 12.2 Å². The fourth-order valence-corrected chi connectivity index (χ4v) is 5.61. The van der Waals surface area contributed by atoms with Crippen LogP contribution in [-0.4, -0.2) is 54.0 Å². The minimum atomic E-state index is -0.940. The van der Waals surface area contributed by atoms with Crippen LogP contribution in [0.25, 0.3) is 22.0 Å². The Bertz CT molecular complexity index is 1700. The number of hydrogen-bond donors (Lipinski definition) is 2. The molecule has 216 valence electrons. The van der Waals surface area contributed by atoms with Gasteiger partial charge in [0.05, 0.1) is 11.6 Å². The lowest BCUT2D eigenvalue weighted by molar-refractivity contribution is 0.0132. The van der Waals surface area contributed by atoms with E-state index in [-0.39, 0.29) is 29.7 Å². The van der Waals surface area contributed by atoms with Crippen molar-refractivity contribution in [2.75, 3.05) is 14.2 Å². The second kappa shape index (κ2) is 12.2. The lowest BCUT2D eigenvalue weighted by atomic mass is 9.97. The van der Waals surface area contributed by atoms with Gasteiger partial charge in [-0.2, -0.15) is 0 Å². The molecule has 0 saturated heterocycles. The van der Waals surface area contributed by atoms with E-state index in [2.05, 4.69) is 23.7 Å². The predicted octanol–water partition coefficient (Wildman–Crippen LogP) is 6.32. The van der Waals surface area contributed by atoms with E-state index < -0.39 is 5.97 Å². The standard InChI is InChI=1S/C35H36N2O5/c1-21-23(3)37(20-24-10-12-25(13-11-24)28-8-6-7-9-29(28)35(39)40)31-16-14-27(18-30(21)31)34(38)36-22(2)26-15-17-32(41-4)33(19-26)42-5/h6-19,22,32-33H,20H2,1-5H3,(H,36,38)(H,39,40)/t22-,32?,33?/m0/s1. The van der Waals surface area contributed by atoms with Crippen LogP contribution in [0, 0.1) is 13.8 Å². The van der Waals surface area contributed by atoms with E-state index in [1.807, 2.05) is 79.7 Å². The first kappa shape index (κ1) is 29.0. The van der Waals surface area contributed by atoms with E-state index in [9.17, 15) is 14.7 Å². The van der Waals surface area contributed by atoms with Crippen LogP contribution in [0.2, 0.25) is 0 Å². The van der Waals surface area contributed by atoms with Gasteiger partial charge < -0.3 is 24.5 Å². The first-order valence-electron chi connectivity index (χ1n) is 14.0. The number of fused-ring (bicyclic) bond motifs is 1. The summed E-state index contributed by atoms with van der Waals surface area (Å²) in [6, 6.07) is 20.7. The number of nitrogens with one attached hydrogen (secondary N) is 1. The highest BCUT2D eigenvalue weighted by Gasteiger charge is 2.23. The summed E-state index contributed by atoms with van der Waals surface area (Å²) in [6.45, 7) is 6.79. The zero-order valence-electron chi connectivity index (χ0n) is 24.5. The van der Waals surface area contributed by atoms with Gasteiger partial charge in [-0.05, 0) is 78.9 Å². The Labute approximate surface area is 246 Å². The Morgan fingerprint density at radius 1 is 0.976 bits per heavy atom. The van der Waals surface area contributed by atoms with Gasteiger partial charge in [-0.3, -0.25) is 4.79 Å². The van der Waals surface area contributed by atoms with Gasteiger partial charge in [-0.25, -0.2) is 4.79 Å². The summed E-state index contributed by atoms with van der Waals surface area (Å²) in [5, 5.41) is 13.7. The van der Waals surface area contributed by atoms with Gasteiger partial charge in [-0.1, -0.05) is 54.6 Å². The number of benzene rings is 3. The average Bonchev–Trinajstić information content (AvgIpc) is 3.25. The Hall–Kier alpha value is -4.46. The number of ether oxygens (including phenoxy) is 2. The molecule has 4 aromatic rings. The van der Waals surface area contributed by atoms with Crippen LogP contribution in [0.5, 0.6) is 0 Å². The van der Waals surface area contributed by atoms with E-state index >= 15 is 0 Å². The quantitative estimate of drug-likeness (QED) is 0.249. The first-order valence-corrected chi connectivity index (χ1v) is 14.0. The van der Waals surface area contributed by atoms with E-state index in [1.54, 1.807) is 26.4 Å². The highest BCUT2D eigenvalue weighted by atomic mass is 16.5. The van der Waals surface area contributed by atoms with Crippen LogP contribution in [0.1, 0.15) is 44.5 Å². The summed E-state index contributed by atoms with van der Waals surface area (Å²) in [7, 11) is 3.30. The molecule has 0 bridgehead atoms. The topological polar surface area (TPSA) is 89.8 Å². The second-order valence-corrected chi connectivity index (χ2v) is 10.7. The van der Waals surface area contributed by atoms with Crippen molar-refractivity contribution in [2.45, 2.75) is 45.6 Å². The molecule has 42 heavy (non-hydrogen) atoms. The number of amides is 1. The SMILES string of the molecule is COC1C=CC([C@H](C)NC(=O)c2ccc3c(c2)c(C)c(C)n3Cc2ccc(-c3ccccc3C(=O)O)cc2)=CC1OC. The van der Waals surface area contributed by atoms with Crippen molar-refractivity contribution >= 4 is 22.8 Å². The van der Waals surface area contributed by atoms with Crippen molar-refractivity contribution in [3.63, 3.8) is 0 Å². The zero-order chi connectivity index (χ0) is 30.0. The number of hydrogen-bond acceptors (Lipinski definition) is 4. The highest BCUT2D eigenvalue weighted by Crippen LogP contribution is 2.29. The van der Waals surface area contributed by atoms with Crippen LogP contribution in [0.15, 0.2) is 90.5 Å². The Kier molecular flexibility index (Phi) is 8.43. The lowest BCUT2D eigenvalue weighted by Gasteiger charge is -2.26. The van der Waals surface area contributed by atoms with Gasteiger partial charge in [0.2, 0.25) is 0 Å². The van der Waals surface area contributed by atoms with Crippen molar-refractivity contribution < 1.29 is 24.2 Å². The molecule has 3 atom stereocenters. The summed E-state index contributed by atoms with van der Waals surface area (Å²) in [5.41, 5.74) is 7.84. The number of carbonyl (C=O) groups is 2. The van der Waals surface area contributed by atoms with E-state index in [1.165, 1.54) is 0 Å². The number of carboxylic acids is 1. The largest absolute Gasteiger partial charge is 0.478 e. The number of methoxy groups -OCH3 is 2. The Balaban J connectivity index is 1.35. The van der Waals surface area contributed by atoms with Crippen molar-refractivity contribution in [1.82, 2.24) is 9.88 Å². The van der Waals surface area contributed by atoms with Gasteiger partial charge in [0.15, 0.2) is 0 Å². The average molecular weight is 565 g/mol. The van der Waals surface area contributed by atoms with Crippen LogP contribution < -0.4 is 5.32 Å². The summed E-state index contributed by atoms with van der Waals surface area (Å²) < 4.78 is 13.2. The molecule has 1 heterocycles. The molecule has 2 N–H and O–H groups in total. The smallest absolute Gasteiger partial charge is 0.336 e. The van der Waals surface area contributed by atoms with Crippen LogP contribution in [0.4, 0.5) is 0 Å². The molecule has 0 spiro atoms. The van der Waals surface area contributed by atoms with Gasteiger partial charge in [-0.15, -0.1) is 0 Å². The summed E-state index contributed by atoms with van der Waals surface area (Å²) in [6.07, 6.45) is 5.57. The number of aryl methyl sites for hydroxylation is 1.